The van der Waals surface area contributed by atoms with E-state index in [2.05, 4.69) is 5.32 Å². The molecule has 0 saturated carbocycles. The largest absolute Gasteiger partial charge is 0.494 e. The Morgan fingerprint density at radius 3 is 2.74 bits per heavy atom. The number of ether oxygens (including phenoxy) is 2. The lowest BCUT2D eigenvalue weighted by Gasteiger charge is -2.29. The molecule has 2 aromatic carbocycles. The molecule has 0 radical (unpaired) electrons. The number of hydrogen-bond acceptors (Lipinski definition) is 4. The smallest absolute Gasteiger partial charge is 0.265 e. The van der Waals surface area contributed by atoms with Crippen molar-refractivity contribution in [2.45, 2.75) is 20.3 Å². The minimum absolute atomic E-state index is 0.00583. The summed E-state index contributed by atoms with van der Waals surface area (Å²) in [6.07, 6.45) is 0.700. The summed E-state index contributed by atoms with van der Waals surface area (Å²) in [5.74, 6) is 1.17. The summed E-state index contributed by atoms with van der Waals surface area (Å²) in [6, 6.07) is 14.9. The van der Waals surface area contributed by atoms with Gasteiger partial charge in [-0.3, -0.25) is 9.59 Å². The average molecular weight is 368 g/mol. The Hall–Kier alpha value is -3.02. The highest BCUT2D eigenvalue weighted by Gasteiger charge is 2.25. The minimum Gasteiger partial charge on any atom is -0.494 e. The number of rotatable bonds is 7. The topological polar surface area (TPSA) is 67.9 Å². The number of fused-ring (bicyclic) bond motifs is 1. The van der Waals surface area contributed by atoms with Crippen molar-refractivity contribution in [3.05, 3.63) is 48.5 Å². The monoisotopic (exact) mass is 368 g/mol. The van der Waals surface area contributed by atoms with Crippen LogP contribution in [0.5, 0.6) is 11.5 Å². The third-order valence-corrected chi connectivity index (χ3v) is 4.23. The number of hydrogen-bond donors (Lipinski definition) is 1. The summed E-state index contributed by atoms with van der Waals surface area (Å²) < 4.78 is 11.2. The molecule has 0 aromatic heterocycles. The molecule has 2 amide bonds. The van der Waals surface area contributed by atoms with Gasteiger partial charge in [-0.05, 0) is 30.7 Å². The maximum Gasteiger partial charge on any atom is 0.265 e. The minimum atomic E-state index is -0.107. The first-order valence-corrected chi connectivity index (χ1v) is 9.10. The van der Waals surface area contributed by atoms with Gasteiger partial charge in [0.25, 0.3) is 5.91 Å². The highest BCUT2D eigenvalue weighted by Crippen LogP contribution is 2.34. The molecule has 6 heteroatoms. The molecule has 3 rings (SSSR count). The van der Waals surface area contributed by atoms with Crippen molar-refractivity contribution in [1.82, 2.24) is 0 Å². The van der Waals surface area contributed by atoms with Crippen LogP contribution in [-0.4, -0.2) is 31.6 Å². The van der Waals surface area contributed by atoms with Crippen molar-refractivity contribution < 1.29 is 19.1 Å². The fourth-order valence-corrected chi connectivity index (χ4v) is 2.74. The second-order valence-electron chi connectivity index (χ2n) is 6.68. The number of para-hydroxylation sites is 1. The first-order chi connectivity index (χ1) is 13.0. The van der Waals surface area contributed by atoms with Crippen molar-refractivity contribution in [3.8, 4) is 11.5 Å². The Labute approximate surface area is 159 Å². The zero-order valence-corrected chi connectivity index (χ0v) is 15.6. The Morgan fingerprint density at radius 1 is 1.22 bits per heavy atom. The van der Waals surface area contributed by atoms with Crippen molar-refractivity contribution in [3.63, 3.8) is 0 Å². The molecule has 2 aromatic rings. The number of nitrogens with zero attached hydrogens (tertiary/aromatic N) is 1. The zero-order chi connectivity index (χ0) is 19.2. The van der Waals surface area contributed by atoms with Gasteiger partial charge < -0.3 is 19.7 Å². The molecular formula is C21H24N2O4. The predicted octanol–water partition coefficient (Wildman–Crippen LogP) is 3.48. The third-order valence-electron chi connectivity index (χ3n) is 4.23. The Bertz CT molecular complexity index is 805. The highest BCUT2D eigenvalue weighted by molar-refractivity contribution is 5.99. The van der Waals surface area contributed by atoms with Gasteiger partial charge in [0.05, 0.1) is 12.3 Å². The summed E-state index contributed by atoms with van der Waals surface area (Å²) in [5.41, 5.74) is 1.38. The van der Waals surface area contributed by atoms with Gasteiger partial charge in [-0.15, -0.1) is 0 Å². The lowest BCUT2D eigenvalue weighted by atomic mass is 10.1. The molecule has 142 valence electrons. The number of carbonyl (C=O) groups excluding carboxylic acids is 2. The summed E-state index contributed by atoms with van der Waals surface area (Å²) in [6.45, 7) is 4.73. The standard InChI is InChI=1S/C21H24N2O4/c1-15(2)21(25)22-16-9-10-18-19(13-16)27-14-20(24)23(18)11-6-12-26-17-7-4-3-5-8-17/h3-5,7-10,13,15H,6,11-12,14H2,1-2H3,(H,22,25). The maximum absolute atomic E-state index is 12.3. The van der Waals surface area contributed by atoms with Gasteiger partial charge in [0, 0.05) is 24.2 Å². The Balaban J connectivity index is 1.61. The predicted molar refractivity (Wildman–Crippen MR) is 104 cm³/mol. The Morgan fingerprint density at radius 2 is 2.00 bits per heavy atom. The van der Waals surface area contributed by atoms with E-state index in [0.29, 0.717) is 36.7 Å². The van der Waals surface area contributed by atoms with Gasteiger partial charge in [-0.2, -0.15) is 0 Å². The summed E-state index contributed by atoms with van der Waals surface area (Å²) in [4.78, 5) is 25.8. The van der Waals surface area contributed by atoms with E-state index in [0.717, 1.165) is 5.75 Å². The van der Waals surface area contributed by atoms with E-state index in [1.807, 2.05) is 44.2 Å². The number of anilines is 2. The highest BCUT2D eigenvalue weighted by atomic mass is 16.5. The van der Waals surface area contributed by atoms with Gasteiger partial charge >= 0.3 is 0 Å². The van der Waals surface area contributed by atoms with E-state index < -0.39 is 0 Å². The lowest BCUT2D eigenvalue weighted by Crippen LogP contribution is -2.39. The van der Waals surface area contributed by atoms with Crippen LogP contribution in [0.25, 0.3) is 0 Å². The molecule has 27 heavy (non-hydrogen) atoms. The van der Waals surface area contributed by atoms with E-state index in [1.165, 1.54) is 0 Å². The van der Waals surface area contributed by atoms with Crippen molar-refractivity contribution >= 4 is 23.2 Å². The molecule has 0 spiro atoms. The van der Waals surface area contributed by atoms with Gasteiger partial charge in [0.2, 0.25) is 5.91 Å². The molecule has 6 nitrogen and oxygen atoms in total. The van der Waals surface area contributed by atoms with Crippen LogP contribution in [0.4, 0.5) is 11.4 Å². The molecule has 1 aliphatic heterocycles. The molecule has 1 N–H and O–H groups in total. The first kappa shape index (κ1) is 18.8. The van der Waals surface area contributed by atoms with E-state index in [1.54, 1.807) is 23.1 Å². The fourth-order valence-electron chi connectivity index (χ4n) is 2.74. The van der Waals surface area contributed by atoms with Crippen LogP contribution in [0.3, 0.4) is 0 Å². The van der Waals surface area contributed by atoms with E-state index in [9.17, 15) is 9.59 Å². The SMILES string of the molecule is CC(C)C(=O)Nc1ccc2c(c1)OCC(=O)N2CCCOc1ccccc1. The van der Waals surface area contributed by atoms with Crippen LogP contribution in [-0.2, 0) is 9.59 Å². The van der Waals surface area contributed by atoms with E-state index >= 15 is 0 Å². The van der Waals surface area contributed by atoms with E-state index in [-0.39, 0.29) is 24.3 Å². The number of benzene rings is 2. The molecule has 1 aliphatic rings. The van der Waals surface area contributed by atoms with Crippen LogP contribution >= 0.6 is 0 Å². The maximum atomic E-state index is 12.3. The van der Waals surface area contributed by atoms with Crippen LogP contribution < -0.4 is 19.7 Å². The van der Waals surface area contributed by atoms with Crippen LogP contribution in [0, 0.1) is 5.92 Å². The normalized spacial score (nSPS) is 13.1. The molecule has 0 atom stereocenters. The van der Waals surface area contributed by atoms with Crippen LogP contribution in [0.1, 0.15) is 20.3 Å². The van der Waals surface area contributed by atoms with Crippen LogP contribution in [0.15, 0.2) is 48.5 Å². The molecule has 0 unspecified atom stereocenters. The van der Waals surface area contributed by atoms with Crippen LogP contribution in [0.2, 0.25) is 0 Å². The zero-order valence-electron chi connectivity index (χ0n) is 15.6. The molecule has 1 heterocycles. The molecular weight excluding hydrogens is 344 g/mol. The summed E-state index contributed by atoms with van der Waals surface area (Å²) in [7, 11) is 0. The molecule has 0 bridgehead atoms. The number of carbonyl (C=O) groups is 2. The number of amides is 2. The van der Waals surface area contributed by atoms with Gasteiger partial charge in [-0.25, -0.2) is 0 Å². The van der Waals surface area contributed by atoms with Gasteiger partial charge in [-0.1, -0.05) is 32.0 Å². The third kappa shape index (κ3) is 4.78. The summed E-state index contributed by atoms with van der Waals surface area (Å²) in [5, 5.41) is 2.85. The lowest BCUT2D eigenvalue weighted by molar-refractivity contribution is -0.121. The molecule has 0 saturated heterocycles. The second-order valence-corrected chi connectivity index (χ2v) is 6.68. The Kier molecular flexibility index (Phi) is 5.96. The average Bonchev–Trinajstić information content (AvgIpc) is 2.67. The summed E-state index contributed by atoms with van der Waals surface area (Å²) >= 11 is 0. The van der Waals surface area contributed by atoms with Gasteiger partial charge in [0.1, 0.15) is 11.5 Å². The van der Waals surface area contributed by atoms with Crippen molar-refractivity contribution in [1.29, 1.82) is 0 Å². The van der Waals surface area contributed by atoms with Gasteiger partial charge in [0.15, 0.2) is 6.61 Å². The molecule has 0 fully saturated rings. The molecule has 0 aliphatic carbocycles. The van der Waals surface area contributed by atoms with Crippen molar-refractivity contribution in [2.75, 3.05) is 30.0 Å². The second kappa shape index (κ2) is 8.58. The quantitative estimate of drug-likeness (QED) is 0.760. The van der Waals surface area contributed by atoms with E-state index in [4.69, 9.17) is 9.47 Å². The number of nitrogens with one attached hydrogen (secondary N) is 1. The first-order valence-electron chi connectivity index (χ1n) is 9.10. The van der Waals surface area contributed by atoms with Crippen molar-refractivity contribution in [2.24, 2.45) is 5.92 Å². The fraction of sp³-hybridized carbons (Fsp3) is 0.333.